The fourth-order valence-corrected chi connectivity index (χ4v) is 3.54. The maximum absolute atomic E-state index is 13.6. The summed E-state index contributed by atoms with van der Waals surface area (Å²) in [5, 5.41) is 0. The van der Waals surface area contributed by atoms with Crippen LogP contribution >= 0.6 is 0 Å². The highest BCUT2D eigenvalue weighted by Gasteiger charge is 2.23. The number of carbonyl (C=O) groups excluding carboxylic acids is 1. The van der Waals surface area contributed by atoms with Crippen LogP contribution in [0.25, 0.3) is 0 Å². The maximum Gasteiger partial charge on any atom is 0.227 e. The molecule has 0 radical (unpaired) electrons. The van der Waals surface area contributed by atoms with Crippen LogP contribution in [-0.2, 0) is 17.8 Å². The minimum Gasteiger partial charge on any atom is -0.497 e. The second kappa shape index (κ2) is 9.60. The van der Waals surface area contributed by atoms with E-state index >= 15 is 0 Å². The number of amides is 1. The first-order valence-electron chi connectivity index (χ1n) is 9.57. The van der Waals surface area contributed by atoms with Gasteiger partial charge in [0, 0.05) is 49.9 Å². The van der Waals surface area contributed by atoms with Crippen LogP contribution in [0.1, 0.15) is 11.1 Å². The highest BCUT2D eigenvalue weighted by atomic mass is 19.1. The Labute approximate surface area is 170 Å². The van der Waals surface area contributed by atoms with E-state index in [1.54, 1.807) is 33.5 Å². The van der Waals surface area contributed by atoms with E-state index in [1.165, 1.54) is 12.1 Å². The Morgan fingerprint density at radius 2 is 1.62 bits per heavy atom. The number of ether oxygens (including phenoxy) is 3. The van der Waals surface area contributed by atoms with Crippen molar-refractivity contribution in [3.63, 3.8) is 0 Å². The third kappa shape index (κ3) is 5.17. The summed E-state index contributed by atoms with van der Waals surface area (Å²) in [5.74, 6) is 1.81. The van der Waals surface area contributed by atoms with Gasteiger partial charge in [-0.25, -0.2) is 4.39 Å². The van der Waals surface area contributed by atoms with E-state index in [9.17, 15) is 9.18 Å². The molecule has 0 saturated carbocycles. The molecule has 6 nitrogen and oxygen atoms in total. The van der Waals surface area contributed by atoms with Crippen molar-refractivity contribution in [1.29, 1.82) is 0 Å². The molecule has 0 bridgehead atoms. The van der Waals surface area contributed by atoms with Gasteiger partial charge in [-0.15, -0.1) is 0 Å². The molecule has 0 spiro atoms. The lowest BCUT2D eigenvalue weighted by atomic mass is 10.1. The highest BCUT2D eigenvalue weighted by Crippen LogP contribution is 2.26. The summed E-state index contributed by atoms with van der Waals surface area (Å²) in [4.78, 5) is 16.8. The summed E-state index contributed by atoms with van der Waals surface area (Å²) in [6.07, 6.45) is 0.283. The molecule has 1 amide bonds. The zero-order valence-corrected chi connectivity index (χ0v) is 17.1. The average Bonchev–Trinajstić information content (AvgIpc) is 2.74. The molecule has 0 N–H and O–H groups in total. The largest absolute Gasteiger partial charge is 0.497 e. The number of benzene rings is 2. The summed E-state index contributed by atoms with van der Waals surface area (Å²) < 4.78 is 29.5. The van der Waals surface area contributed by atoms with E-state index in [4.69, 9.17) is 14.2 Å². The van der Waals surface area contributed by atoms with Gasteiger partial charge >= 0.3 is 0 Å². The number of halogens is 1. The monoisotopic (exact) mass is 402 g/mol. The Kier molecular flexibility index (Phi) is 6.93. The van der Waals surface area contributed by atoms with Gasteiger partial charge in [-0.05, 0) is 24.3 Å². The normalized spacial score (nSPS) is 14.6. The number of nitrogens with zero attached hydrogens (tertiary/aromatic N) is 2. The molecule has 0 unspecified atom stereocenters. The first-order chi connectivity index (χ1) is 14.0. The van der Waals surface area contributed by atoms with Crippen molar-refractivity contribution in [2.45, 2.75) is 13.0 Å². The zero-order chi connectivity index (χ0) is 20.8. The molecule has 2 aromatic rings. The second-order valence-electron chi connectivity index (χ2n) is 6.97. The lowest BCUT2D eigenvalue weighted by Crippen LogP contribution is -2.48. The molecule has 1 fully saturated rings. The van der Waals surface area contributed by atoms with Crippen molar-refractivity contribution < 1.29 is 23.4 Å². The molecule has 7 heteroatoms. The minimum atomic E-state index is -0.275. The molecule has 1 heterocycles. The van der Waals surface area contributed by atoms with Crippen LogP contribution < -0.4 is 14.2 Å². The Hall–Kier alpha value is -2.80. The second-order valence-corrected chi connectivity index (χ2v) is 6.97. The Balaban J connectivity index is 1.57. The molecule has 1 aliphatic rings. The molecule has 1 aliphatic heterocycles. The molecule has 3 rings (SSSR count). The standard InChI is InChI=1S/C22H27FN2O4/c1-27-19-6-4-16(21(14-19)29-3)13-22(26)25-10-8-24(9-11-25)15-17-12-18(23)5-7-20(17)28-2/h4-7,12,14H,8-11,13,15H2,1-3H3. The Morgan fingerprint density at radius 1 is 0.897 bits per heavy atom. The van der Waals surface area contributed by atoms with Gasteiger partial charge in [0.2, 0.25) is 5.91 Å². The lowest BCUT2D eigenvalue weighted by molar-refractivity contribution is -0.132. The third-order valence-corrected chi connectivity index (χ3v) is 5.20. The average molecular weight is 402 g/mol. The SMILES string of the molecule is COc1ccc(CC(=O)N2CCN(Cc3cc(F)ccc3OC)CC2)c(OC)c1. The molecule has 0 aliphatic carbocycles. The van der Waals surface area contributed by atoms with E-state index < -0.39 is 0 Å². The van der Waals surface area contributed by atoms with Gasteiger partial charge in [0.05, 0.1) is 27.8 Å². The van der Waals surface area contributed by atoms with Crippen molar-refractivity contribution in [2.24, 2.45) is 0 Å². The Morgan fingerprint density at radius 3 is 2.28 bits per heavy atom. The van der Waals surface area contributed by atoms with Crippen molar-refractivity contribution >= 4 is 5.91 Å². The number of methoxy groups -OCH3 is 3. The topological polar surface area (TPSA) is 51.2 Å². The fraction of sp³-hybridized carbons (Fsp3) is 0.409. The molecule has 1 saturated heterocycles. The molecule has 29 heavy (non-hydrogen) atoms. The van der Waals surface area contributed by atoms with Crippen LogP contribution in [0.4, 0.5) is 4.39 Å². The Bertz CT molecular complexity index is 851. The van der Waals surface area contributed by atoms with E-state index in [-0.39, 0.29) is 18.1 Å². The maximum atomic E-state index is 13.6. The smallest absolute Gasteiger partial charge is 0.227 e. The van der Waals surface area contributed by atoms with Gasteiger partial charge in [0.1, 0.15) is 23.1 Å². The summed E-state index contributed by atoms with van der Waals surface area (Å²) in [6, 6.07) is 10.0. The van der Waals surface area contributed by atoms with Crippen LogP contribution in [0.5, 0.6) is 17.2 Å². The van der Waals surface area contributed by atoms with Gasteiger partial charge in [0.15, 0.2) is 0 Å². The van der Waals surface area contributed by atoms with E-state index in [1.807, 2.05) is 17.0 Å². The number of piperazine rings is 1. The van der Waals surface area contributed by atoms with Crippen molar-refractivity contribution in [2.75, 3.05) is 47.5 Å². The molecule has 156 valence electrons. The quantitative estimate of drug-likeness (QED) is 0.713. The van der Waals surface area contributed by atoms with Gasteiger partial charge in [0.25, 0.3) is 0 Å². The first kappa shape index (κ1) is 20.9. The van der Waals surface area contributed by atoms with Gasteiger partial charge < -0.3 is 19.1 Å². The van der Waals surface area contributed by atoms with Gasteiger partial charge in [-0.2, -0.15) is 0 Å². The number of rotatable bonds is 7. The summed E-state index contributed by atoms with van der Waals surface area (Å²) >= 11 is 0. The van der Waals surface area contributed by atoms with Gasteiger partial charge in [-0.1, -0.05) is 6.07 Å². The zero-order valence-electron chi connectivity index (χ0n) is 17.1. The van der Waals surface area contributed by atoms with Crippen molar-refractivity contribution in [1.82, 2.24) is 9.80 Å². The molecular weight excluding hydrogens is 375 g/mol. The van der Waals surface area contributed by atoms with Crippen LogP contribution in [0.15, 0.2) is 36.4 Å². The molecule has 0 aromatic heterocycles. The predicted octanol–water partition coefficient (Wildman–Crippen LogP) is 2.74. The van der Waals surface area contributed by atoms with Crippen LogP contribution in [-0.4, -0.2) is 63.2 Å². The molecule has 2 aromatic carbocycles. The molecular formula is C22H27FN2O4. The number of hydrogen-bond donors (Lipinski definition) is 0. The number of hydrogen-bond acceptors (Lipinski definition) is 5. The van der Waals surface area contributed by atoms with Crippen LogP contribution in [0, 0.1) is 5.82 Å². The van der Waals surface area contributed by atoms with Crippen LogP contribution in [0.3, 0.4) is 0 Å². The lowest BCUT2D eigenvalue weighted by Gasteiger charge is -2.35. The summed E-state index contributed by atoms with van der Waals surface area (Å²) in [6.45, 7) is 3.31. The molecule has 0 atom stereocenters. The van der Waals surface area contributed by atoms with Crippen molar-refractivity contribution in [3.05, 3.63) is 53.3 Å². The number of carbonyl (C=O) groups is 1. The summed E-state index contributed by atoms with van der Waals surface area (Å²) in [5.41, 5.74) is 1.65. The fourth-order valence-electron chi connectivity index (χ4n) is 3.54. The first-order valence-corrected chi connectivity index (χ1v) is 9.57. The van der Waals surface area contributed by atoms with E-state index in [2.05, 4.69) is 4.90 Å². The van der Waals surface area contributed by atoms with E-state index in [0.717, 1.165) is 24.2 Å². The predicted molar refractivity (Wildman–Crippen MR) is 108 cm³/mol. The van der Waals surface area contributed by atoms with E-state index in [0.29, 0.717) is 36.9 Å². The van der Waals surface area contributed by atoms with Crippen LogP contribution in [0.2, 0.25) is 0 Å². The highest BCUT2D eigenvalue weighted by molar-refractivity contribution is 5.79. The third-order valence-electron chi connectivity index (χ3n) is 5.20. The van der Waals surface area contributed by atoms with Gasteiger partial charge in [-0.3, -0.25) is 9.69 Å². The summed E-state index contributed by atoms with van der Waals surface area (Å²) in [7, 11) is 4.77. The minimum absolute atomic E-state index is 0.0662. The van der Waals surface area contributed by atoms with Crippen molar-refractivity contribution in [3.8, 4) is 17.2 Å².